The van der Waals surface area contributed by atoms with Crippen LogP contribution in [0.2, 0.25) is 0 Å². The van der Waals surface area contributed by atoms with E-state index in [4.69, 9.17) is 0 Å². The minimum atomic E-state index is 0.0983. The van der Waals surface area contributed by atoms with Gasteiger partial charge in [-0.25, -0.2) is 0 Å². The van der Waals surface area contributed by atoms with Gasteiger partial charge in [-0.2, -0.15) is 5.26 Å². The molecular formula is C18H21N. The molecule has 0 aromatic heterocycles. The zero-order valence-electron chi connectivity index (χ0n) is 11.8. The van der Waals surface area contributed by atoms with Crippen LogP contribution in [-0.2, 0) is 0 Å². The Bertz CT molecular complexity index is 549. The fourth-order valence-electron chi connectivity index (χ4n) is 4.41. The van der Waals surface area contributed by atoms with Gasteiger partial charge in [-0.15, -0.1) is 0 Å². The first kappa shape index (κ1) is 12.5. The van der Waals surface area contributed by atoms with Crippen molar-refractivity contribution in [2.24, 2.45) is 17.3 Å². The van der Waals surface area contributed by atoms with Gasteiger partial charge in [-0.05, 0) is 42.7 Å². The Morgan fingerprint density at radius 2 is 2.00 bits per heavy atom. The van der Waals surface area contributed by atoms with Crippen LogP contribution in [0, 0.1) is 28.6 Å². The third-order valence-electron chi connectivity index (χ3n) is 5.50. The zero-order valence-corrected chi connectivity index (χ0v) is 11.8. The molecule has 2 aliphatic rings. The van der Waals surface area contributed by atoms with Gasteiger partial charge in [0.05, 0.1) is 6.07 Å². The molecule has 98 valence electrons. The van der Waals surface area contributed by atoms with E-state index in [1.807, 2.05) is 0 Å². The number of fused-ring (bicyclic) bond motifs is 1. The third-order valence-corrected chi connectivity index (χ3v) is 5.50. The molecule has 3 atom stereocenters. The molecule has 1 heteroatoms. The smallest absolute Gasteiger partial charge is 0.0630 e. The summed E-state index contributed by atoms with van der Waals surface area (Å²) in [4.78, 5) is 0. The quantitative estimate of drug-likeness (QED) is 0.740. The minimum absolute atomic E-state index is 0.0983. The molecule has 0 aliphatic heterocycles. The maximum absolute atomic E-state index is 9.21. The van der Waals surface area contributed by atoms with Crippen molar-refractivity contribution >= 4 is 5.57 Å². The standard InChI is InChI=1S/C18H21N/c1-13-17(14-7-4-3-5-8-14)15-9-6-10-16(15)18(13,2)11-12-19/h3-5,7-8,15-16H,6,9-11H2,1-2H3/t15-,16+,18-/m1/s1. The lowest BCUT2D eigenvalue weighted by Crippen LogP contribution is -2.24. The van der Waals surface area contributed by atoms with Crippen LogP contribution in [0.1, 0.15) is 45.1 Å². The van der Waals surface area contributed by atoms with Crippen LogP contribution in [0.5, 0.6) is 0 Å². The molecule has 0 saturated heterocycles. The Morgan fingerprint density at radius 3 is 2.68 bits per heavy atom. The monoisotopic (exact) mass is 251 g/mol. The van der Waals surface area contributed by atoms with Crippen LogP contribution in [-0.4, -0.2) is 0 Å². The van der Waals surface area contributed by atoms with E-state index in [9.17, 15) is 5.26 Å². The largest absolute Gasteiger partial charge is 0.198 e. The van der Waals surface area contributed by atoms with Crippen LogP contribution < -0.4 is 0 Å². The van der Waals surface area contributed by atoms with E-state index < -0.39 is 0 Å². The minimum Gasteiger partial charge on any atom is -0.198 e. The number of benzene rings is 1. The second-order valence-electron chi connectivity index (χ2n) is 6.30. The molecule has 0 amide bonds. The Balaban J connectivity index is 2.12. The van der Waals surface area contributed by atoms with Gasteiger partial charge in [0.1, 0.15) is 0 Å². The van der Waals surface area contributed by atoms with Crippen molar-refractivity contribution in [3.63, 3.8) is 0 Å². The van der Waals surface area contributed by atoms with Crippen molar-refractivity contribution in [1.29, 1.82) is 5.26 Å². The van der Waals surface area contributed by atoms with E-state index in [0.29, 0.717) is 18.3 Å². The van der Waals surface area contributed by atoms with Crippen LogP contribution in [0.4, 0.5) is 0 Å². The summed E-state index contributed by atoms with van der Waals surface area (Å²) in [5.41, 5.74) is 4.48. The summed E-state index contributed by atoms with van der Waals surface area (Å²) in [7, 11) is 0. The first-order valence-corrected chi connectivity index (χ1v) is 7.32. The third kappa shape index (κ3) is 1.74. The van der Waals surface area contributed by atoms with Gasteiger partial charge in [-0.1, -0.05) is 49.2 Å². The van der Waals surface area contributed by atoms with E-state index in [-0.39, 0.29) is 5.41 Å². The molecule has 0 spiro atoms. The summed E-state index contributed by atoms with van der Waals surface area (Å²) in [5.74, 6) is 1.36. The van der Waals surface area contributed by atoms with Crippen molar-refractivity contribution in [2.45, 2.75) is 39.5 Å². The lowest BCUT2D eigenvalue weighted by atomic mass is 9.72. The van der Waals surface area contributed by atoms with Gasteiger partial charge in [-0.3, -0.25) is 0 Å². The molecule has 1 saturated carbocycles. The predicted molar refractivity (Wildman–Crippen MR) is 78.2 cm³/mol. The number of hydrogen-bond acceptors (Lipinski definition) is 1. The maximum atomic E-state index is 9.21. The summed E-state index contributed by atoms with van der Waals surface area (Å²) in [6.07, 6.45) is 4.57. The second-order valence-corrected chi connectivity index (χ2v) is 6.30. The number of allylic oxidation sites excluding steroid dienone is 2. The number of nitriles is 1. The van der Waals surface area contributed by atoms with Crippen molar-refractivity contribution in [3.05, 3.63) is 41.5 Å². The highest BCUT2D eigenvalue weighted by Crippen LogP contribution is 2.61. The lowest BCUT2D eigenvalue weighted by Gasteiger charge is -2.31. The fraction of sp³-hybridized carbons (Fsp3) is 0.500. The van der Waals surface area contributed by atoms with Crippen molar-refractivity contribution in [2.75, 3.05) is 0 Å². The van der Waals surface area contributed by atoms with Gasteiger partial charge in [0, 0.05) is 11.8 Å². The Kier molecular flexibility index (Phi) is 2.97. The topological polar surface area (TPSA) is 23.8 Å². The first-order valence-electron chi connectivity index (χ1n) is 7.32. The summed E-state index contributed by atoms with van der Waals surface area (Å²) >= 11 is 0. The van der Waals surface area contributed by atoms with E-state index in [1.54, 1.807) is 5.57 Å². The van der Waals surface area contributed by atoms with E-state index in [0.717, 1.165) is 0 Å². The molecule has 0 unspecified atom stereocenters. The van der Waals surface area contributed by atoms with Crippen LogP contribution in [0.15, 0.2) is 35.9 Å². The summed E-state index contributed by atoms with van der Waals surface area (Å²) < 4.78 is 0. The zero-order chi connectivity index (χ0) is 13.5. The van der Waals surface area contributed by atoms with E-state index in [1.165, 1.54) is 30.4 Å². The Morgan fingerprint density at radius 1 is 1.26 bits per heavy atom. The maximum Gasteiger partial charge on any atom is 0.0630 e. The number of rotatable bonds is 2. The van der Waals surface area contributed by atoms with Gasteiger partial charge < -0.3 is 0 Å². The lowest BCUT2D eigenvalue weighted by molar-refractivity contribution is 0.243. The molecule has 1 nitrogen and oxygen atoms in total. The highest BCUT2D eigenvalue weighted by molar-refractivity contribution is 5.74. The van der Waals surface area contributed by atoms with E-state index in [2.05, 4.69) is 50.2 Å². The van der Waals surface area contributed by atoms with Crippen molar-refractivity contribution < 1.29 is 0 Å². The van der Waals surface area contributed by atoms with Gasteiger partial charge in [0.15, 0.2) is 0 Å². The number of hydrogen-bond donors (Lipinski definition) is 0. The molecule has 2 aliphatic carbocycles. The Hall–Kier alpha value is -1.55. The highest BCUT2D eigenvalue weighted by Gasteiger charge is 2.50. The van der Waals surface area contributed by atoms with Crippen LogP contribution in [0.3, 0.4) is 0 Å². The molecule has 0 heterocycles. The molecule has 1 fully saturated rings. The van der Waals surface area contributed by atoms with E-state index >= 15 is 0 Å². The molecule has 1 aromatic rings. The Labute approximate surface area is 116 Å². The molecular weight excluding hydrogens is 230 g/mol. The first-order chi connectivity index (χ1) is 9.18. The normalized spacial score (nSPS) is 33.3. The van der Waals surface area contributed by atoms with Crippen LogP contribution in [0.25, 0.3) is 5.57 Å². The fourth-order valence-corrected chi connectivity index (χ4v) is 4.41. The summed E-state index contributed by atoms with van der Waals surface area (Å²) in [6.45, 7) is 4.57. The van der Waals surface area contributed by atoms with Gasteiger partial charge in [0.2, 0.25) is 0 Å². The van der Waals surface area contributed by atoms with Crippen molar-refractivity contribution in [1.82, 2.24) is 0 Å². The van der Waals surface area contributed by atoms with Gasteiger partial charge >= 0.3 is 0 Å². The molecule has 1 aromatic carbocycles. The average Bonchev–Trinajstić information content (AvgIpc) is 2.96. The predicted octanol–water partition coefficient (Wildman–Crippen LogP) is 4.81. The molecule has 0 bridgehead atoms. The van der Waals surface area contributed by atoms with Crippen LogP contribution >= 0.6 is 0 Å². The second kappa shape index (κ2) is 4.53. The molecule has 0 radical (unpaired) electrons. The molecule has 19 heavy (non-hydrogen) atoms. The molecule has 3 rings (SSSR count). The molecule has 0 N–H and O–H groups in total. The summed E-state index contributed by atoms with van der Waals surface area (Å²) in [6, 6.07) is 13.2. The average molecular weight is 251 g/mol. The SMILES string of the molecule is CC1=C(c2ccccc2)[C@@H]2CCC[C@@H]2[C@]1(C)CC#N. The number of nitrogens with zero attached hydrogens (tertiary/aromatic N) is 1. The highest BCUT2D eigenvalue weighted by atomic mass is 14.5. The van der Waals surface area contributed by atoms with Crippen molar-refractivity contribution in [3.8, 4) is 6.07 Å². The summed E-state index contributed by atoms with van der Waals surface area (Å²) in [5, 5.41) is 9.21. The van der Waals surface area contributed by atoms with Gasteiger partial charge in [0.25, 0.3) is 0 Å².